The Bertz CT molecular complexity index is 323. The third-order valence-electron chi connectivity index (χ3n) is 2.35. The van der Waals surface area contributed by atoms with Crippen molar-refractivity contribution in [1.29, 1.82) is 0 Å². The van der Waals surface area contributed by atoms with Crippen molar-refractivity contribution in [3.63, 3.8) is 0 Å². The highest BCUT2D eigenvalue weighted by atomic mass is 127. The van der Waals surface area contributed by atoms with Gasteiger partial charge in [0.05, 0.1) is 0 Å². The van der Waals surface area contributed by atoms with Crippen molar-refractivity contribution in [2.45, 2.75) is 25.4 Å². The number of benzene rings is 1. The van der Waals surface area contributed by atoms with Crippen LogP contribution in [0.4, 0.5) is 0 Å². The van der Waals surface area contributed by atoms with Crippen molar-refractivity contribution >= 4 is 22.6 Å². The summed E-state index contributed by atoms with van der Waals surface area (Å²) < 4.78 is 1.27. The maximum atomic E-state index is 4.09. The highest BCUT2D eigenvalue weighted by Crippen LogP contribution is 2.35. The fourth-order valence-corrected chi connectivity index (χ4v) is 1.70. The number of hydrogen-bond acceptors (Lipinski definition) is 2. The van der Waals surface area contributed by atoms with E-state index in [1.54, 1.807) is 0 Å². The largest absolute Gasteiger partial charge is 0.194 e. The molecule has 0 atom stereocenters. The molecule has 68 valence electrons. The van der Waals surface area contributed by atoms with Crippen LogP contribution < -0.4 is 0 Å². The van der Waals surface area contributed by atoms with Crippen molar-refractivity contribution < 1.29 is 0 Å². The molecule has 0 amide bonds. The van der Waals surface area contributed by atoms with Gasteiger partial charge in [-0.05, 0) is 46.7 Å². The molecule has 0 saturated carbocycles. The van der Waals surface area contributed by atoms with Gasteiger partial charge in [0.2, 0.25) is 0 Å². The van der Waals surface area contributed by atoms with Gasteiger partial charge in [0, 0.05) is 9.99 Å². The van der Waals surface area contributed by atoms with Crippen molar-refractivity contribution in [3.05, 3.63) is 33.4 Å². The molecule has 0 radical (unpaired) electrons. The molecule has 0 bridgehead atoms. The average molecular weight is 286 g/mol. The number of nitrogens with zero attached hydrogens (tertiary/aromatic N) is 2. The molecule has 3 heteroatoms. The van der Waals surface area contributed by atoms with Gasteiger partial charge in [0.25, 0.3) is 0 Å². The number of rotatable bonds is 3. The highest BCUT2D eigenvalue weighted by molar-refractivity contribution is 14.1. The zero-order chi connectivity index (χ0) is 9.31. The van der Waals surface area contributed by atoms with Gasteiger partial charge in [-0.3, -0.25) is 0 Å². The molecule has 1 heterocycles. The Hall–Kier alpha value is -0.450. The summed E-state index contributed by atoms with van der Waals surface area (Å²) in [6.45, 7) is 2.13. The molecule has 0 fully saturated rings. The van der Waals surface area contributed by atoms with Crippen molar-refractivity contribution in [1.82, 2.24) is 0 Å². The molecule has 1 aliphatic rings. The van der Waals surface area contributed by atoms with Crippen LogP contribution in [0.1, 0.15) is 18.9 Å². The van der Waals surface area contributed by atoms with Crippen LogP contribution in [0.15, 0.2) is 34.5 Å². The van der Waals surface area contributed by atoms with Crippen LogP contribution in [0.5, 0.6) is 0 Å². The predicted molar refractivity (Wildman–Crippen MR) is 60.7 cm³/mol. The second-order valence-corrected chi connectivity index (χ2v) is 4.58. The first-order valence-electron chi connectivity index (χ1n) is 4.43. The minimum Gasteiger partial charge on any atom is -0.159 e. The highest BCUT2D eigenvalue weighted by Gasteiger charge is 2.37. The molecule has 0 spiro atoms. The van der Waals surface area contributed by atoms with E-state index in [9.17, 15) is 0 Å². The molecular formula is C10H11IN2. The molecule has 1 aromatic carbocycles. The minimum atomic E-state index is -0.0627. The Morgan fingerprint density at radius 2 is 1.85 bits per heavy atom. The average Bonchev–Trinajstić information content (AvgIpc) is 2.90. The summed E-state index contributed by atoms with van der Waals surface area (Å²) >= 11 is 2.31. The van der Waals surface area contributed by atoms with Crippen LogP contribution in [-0.2, 0) is 6.42 Å². The van der Waals surface area contributed by atoms with Gasteiger partial charge < -0.3 is 0 Å². The standard InChI is InChI=1S/C10H11IN2/c1-2-10(12-13-10)7-8-3-5-9(11)6-4-8/h3-6H,2,7H2,1H3. The topological polar surface area (TPSA) is 24.7 Å². The zero-order valence-corrected chi connectivity index (χ0v) is 9.65. The Balaban J connectivity index is 2.06. The van der Waals surface area contributed by atoms with E-state index in [4.69, 9.17) is 0 Å². The summed E-state index contributed by atoms with van der Waals surface area (Å²) in [7, 11) is 0. The second kappa shape index (κ2) is 3.36. The van der Waals surface area contributed by atoms with E-state index in [0.717, 1.165) is 12.8 Å². The Morgan fingerprint density at radius 1 is 1.23 bits per heavy atom. The predicted octanol–water partition coefficient (Wildman–Crippen LogP) is 3.41. The molecule has 0 unspecified atom stereocenters. The molecule has 0 saturated heterocycles. The van der Waals surface area contributed by atoms with Crippen LogP contribution >= 0.6 is 22.6 Å². The molecule has 2 rings (SSSR count). The summed E-state index contributed by atoms with van der Waals surface area (Å²) in [5.74, 6) is 0. The molecule has 1 aliphatic heterocycles. The Morgan fingerprint density at radius 3 is 2.31 bits per heavy atom. The SMILES string of the molecule is CCC1(Cc2ccc(I)cc2)N=N1. The molecule has 0 aromatic heterocycles. The molecule has 1 aromatic rings. The van der Waals surface area contributed by atoms with Gasteiger partial charge in [-0.2, -0.15) is 10.2 Å². The summed E-state index contributed by atoms with van der Waals surface area (Å²) in [6, 6.07) is 8.56. The monoisotopic (exact) mass is 286 g/mol. The normalized spacial score (nSPS) is 17.4. The van der Waals surface area contributed by atoms with E-state index < -0.39 is 0 Å². The summed E-state index contributed by atoms with van der Waals surface area (Å²) in [5, 5.41) is 8.19. The van der Waals surface area contributed by atoms with E-state index in [-0.39, 0.29) is 5.66 Å². The first kappa shape index (κ1) is 9.12. The van der Waals surface area contributed by atoms with E-state index in [1.807, 2.05) is 0 Å². The summed E-state index contributed by atoms with van der Waals surface area (Å²) in [6.07, 6.45) is 1.97. The first-order valence-corrected chi connectivity index (χ1v) is 5.50. The smallest absolute Gasteiger partial charge is 0.159 e. The van der Waals surface area contributed by atoms with Gasteiger partial charge in [-0.1, -0.05) is 19.1 Å². The van der Waals surface area contributed by atoms with E-state index >= 15 is 0 Å². The first-order chi connectivity index (χ1) is 6.24. The van der Waals surface area contributed by atoms with Gasteiger partial charge in [0.15, 0.2) is 5.66 Å². The molecule has 13 heavy (non-hydrogen) atoms. The molecular weight excluding hydrogens is 275 g/mol. The Labute approximate surface area is 91.6 Å². The second-order valence-electron chi connectivity index (χ2n) is 3.34. The van der Waals surface area contributed by atoms with E-state index in [1.165, 1.54) is 9.13 Å². The summed E-state index contributed by atoms with van der Waals surface area (Å²) in [5.41, 5.74) is 1.26. The maximum absolute atomic E-state index is 4.09. The molecule has 0 N–H and O–H groups in total. The van der Waals surface area contributed by atoms with Gasteiger partial charge in [-0.25, -0.2) is 0 Å². The van der Waals surface area contributed by atoms with Crippen LogP contribution in [0.25, 0.3) is 0 Å². The lowest BCUT2D eigenvalue weighted by Crippen LogP contribution is -2.12. The van der Waals surface area contributed by atoms with Crippen LogP contribution in [-0.4, -0.2) is 5.66 Å². The van der Waals surface area contributed by atoms with E-state index in [0.29, 0.717) is 0 Å². The third kappa shape index (κ3) is 2.07. The third-order valence-corrected chi connectivity index (χ3v) is 3.07. The molecule has 2 nitrogen and oxygen atoms in total. The number of halogens is 1. The quantitative estimate of drug-likeness (QED) is 0.761. The van der Waals surface area contributed by atoms with Crippen LogP contribution in [0.3, 0.4) is 0 Å². The molecule has 0 aliphatic carbocycles. The maximum Gasteiger partial charge on any atom is 0.194 e. The summed E-state index contributed by atoms with van der Waals surface area (Å²) in [4.78, 5) is 0. The lowest BCUT2D eigenvalue weighted by molar-refractivity contribution is 0.575. The fraction of sp³-hybridized carbons (Fsp3) is 0.400. The minimum absolute atomic E-state index is 0.0627. The van der Waals surface area contributed by atoms with E-state index in [2.05, 4.69) is 64.0 Å². The fourth-order valence-electron chi connectivity index (χ4n) is 1.34. The Kier molecular flexibility index (Phi) is 2.36. The van der Waals surface area contributed by atoms with Crippen molar-refractivity contribution in [2.24, 2.45) is 10.2 Å². The van der Waals surface area contributed by atoms with Gasteiger partial charge in [-0.15, -0.1) is 0 Å². The van der Waals surface area contributed by atoms with Gasteiger partial charge in [0.1, 0.15) is 0 Å². The lowest BCUT2D eigenvalue weighted by atomic mass is 10.0. The van der Waals surface area contributed by atoms with Crippen molar-refractivity contribution in [3.8, 4) is 0 Å². The van der Waals surface area contributed by atoms with Crippen molar-refractivity contribution in [2.75, 3.05) is 0 Å². The van der Waals surface area contributed by atoms with Crippen LogP contribution in [0, 0.1) is 3.57 Å². The van der Waals surface area contributed by atoms with Gasteiger partial charge >= 0.3 is 0 Å². The number of hydrogen-bond donors (Lipinski definition) is 0. The van der Waals surface area contributed by atoms with Crippen LogP contribution in [0.2, 0.25) is 0 Å². The lowest BCUT2D eigenvalue weighted by Gasteiger charge is -2.06. The zero-order valence-electron chi connectivity index (χ0n) is 7.50.